The molecule has 0 saturated heterocycles. The molecule has 0 saturated carbocycles. The fourth-order valence-electron chi connectivity index (χ4n) is 1.99. The van der Waals surface area contributed by atoms with E-state index in [9.17, 15) is 4.79 Å². The molecule has 1 amide bonds. The number of hydrogen-bond donors (Lipinski definition) is 2. The van der Waals surface area contributed by atoms with E-state index in [1.807, 2.05) is 60.7 Å². The van der Waals surface area contributed by atoms with Crippen molar-refractivity contribution in [2.45, 2.75) is 6.42 Å². The maximum atomic E-state index is 11.9. The third-order valence-electron chi connectivity index (χ3n) is 2.99. The lowest BCUT2D eigenvalue weighted by Gasteiger charge is -2.00. The first kappa shape index (κ1) is 13.1. The summed E-state index contributed by atoms with van der Waals surface area (Å²) in [5.41, 5.74) is 1.88. The van der Waals surface area contributed by atoms with E-state index in [2.05, 4.69) is 20.5 Å². The lowest BCUT2D eigenvalue weighted by Crippen LogP contribution is -2.15. The summed E-state index contributed by atoms with van der Waals surface area (Å²) in [5.74, 6) is 0.778. The first-order valence-corrected chi connectivity index (χ1v) is 6.63. The quantitative estimate of drug-likeness (QED) is 0.770. The van der Waals surface area contributed by atoms with Crippen LogP contribution in [-0.2, 0) is 11.2 Å². The number of hydrogen-bond acceptors (Lipinski definition) is 3. The van der Waals surface area contributed by atoms with Gasteiger partial charge < -0.3 is 0 Å². The molecule has 3 aromatic rings. The summed E-state index contributed by atoms with van der Waals surface area (Å²) in [6.07, 6.45) is 0.302. The average Bonchev–Trinajstić information content (AvgIpc) is 2.97. The third-order valence-corrected chi connectivity index (χ3v) is 2.99. The third kappa shape index (κ3) is 3.33. The lowest BCUT2D eigenvalue weighted by atomic mass is 10.1. The van der Waals surface area contributed by atoms with Crippen LogP contribution in [0.1, 0.15) is 5.56 Å². The topological polar surface area (TPSA) is 70.7 Å². The minimum atomic E-state index is -0.139. The fraction of sp³-hybridized carbons (Fsp3) is 0.0625. The highest BCUT2D eigenvalue weighted by Gasteiger charge is 2.09. The van der Waals surface area contributed by atoms with Crippen LogP contribution >= 0.6 is 0 Å². The van der Waals surface area contributed by atoms with Crippen LogP contribution in [0.3, 0.4) is 0 Å². The molecule has 0 bridgehead atoms. The molecule has 0 aliphatic rings. The number of benzene rings is 2. The van der Waals surface area contributed by atoms with Gasteiger partial charge in [0.15, 0.2) is 5.82 Å². The highest BCUT2D eigenvalue weighted by atomic mass is 16.1. The van der Waals surface area contributed by atoms with E-state index in [-0.39, 0.29) is 11.9 Å². The van der Waals surface area contributed by atoms with Crippen molar-refractivity contribution in [2.24, 2.45) is 0 Å². The Bertz CT molecular complexity index is 722. The molecule has 104 valence electrons. The van der Waals surface area contributed by atoms with Gasteiger partial charge in [-0.25, -0.2) is 0 Å². The molecule has 0 fully saturated rings. The van der Waals surface area contributed by atoms with E-state index >= 15 is 0 Å². The van der Waals surface area contributed by atoms with E-state index in [1.54, 1.807) is 0 Å². The molecule has 3 rings (SSSR count). The molecule has 2 aromatic carbocycles. The zero-order chi connectivity index (χ0) is 14.5. The first-order valence-electron chi connectivity index (χ1n) is 6.63. The predicted octanol–water partition coefficient (Wildman–Crippen LogP) is 2.65. The van der Waals surface area contributed by atoms with Gasteiger partial charge >= 0.3 is 0 Å². The molecule has 5 nitrogen and oxygen atoms in total. The predicted molar refractivity (Wildman–Crippen MR) is 80.6 cm³/mol. The van der Waals surface area contributed by atoms with Crippen molar-refractivity contribution in [3.8, 4) is 11.4 Å². The van der Waals surface area contributed by atoms with Gasteiger partial charge in [0, 0.05) is 5.56 Å². The largest absolute Gasteiger partial charge is 0.293 e. The van der Waals surface area contributed by atoms with E-state index in [0.717, 1.165) is 11.1 Å². The molecule has 0 radical (unpaired) electrons. The van der Waals surface area contributed by atoms with E-state index in [0.29, 0.717) is 12.2 Å². The Morgan fingerprint density at radius 2 is 1.67 bits per heavy atom. The van der Waals surface area contributed by atoms with Crippen molar-refractivity contribution in [1.82, 2.24) is 15.2 Å². The number of nitrogens with zero attached hydrogens (tertiary/aromatic N) is 2. The molecule has 21 heavy (non-hydrogen) atoms. The van der Waals surface area contributed by atoms with Crippen LogP contribution in [0.4, 0.5) is 5.95 Å². The van der Waals surface area contributed by atoms with Crippen molar-refractivity contribution in [2.75, 3.05) is 5.32 Å². The van der Waals surface area contributed by atoms with Crippen LogP contribution in [0.5, 0.6) is 0 Å². The molecule has 1 heterocycles. The Kier molecular flexibility index (Phi) is 3.73. The van der Waals surface area contributed by atoms with Gasteiger partial charge in [-0.2, -0.15) is 4.98 Å². The number of rotatable bonds is 4. The highest BCUT2D eigenvalue weighted by molar-refractivity contribution is 5.90. The number of amides is 1. The van der Waals surface area contributed by atoms with Crippen LogP contribution in [0.15, 0.2) is 60.7 Å². The normalized spacial score (nSPS) is 10.3. The molecule has 1 aromatic heterocycles. The van der Waals surface area contributed by atoms with Crippen molar-refractivity contribution >= 4 is 11.9 Å². The molecular formula is C16H14N4O. The zero-order valence-corrected chi connectivity index (χ0v) is 11.3. The number of aromatic nitrogens is 3. The SMILES string of the molecule is O=C(Cc1ccccc1)Nc1n[nH]c(-c2ccccc2)n1. The number of aromatic amines is 1. The summed E-state index contributed by atoms with van der Waals surface area (Å²) in [6, 6.07) is 19.2. The molecule has 5 heteroatoms. The molecule has 0 spiro atoms. The Balaban J connectivity index is 1.66. The summed E-state index contributed by atoms with van der Waals surface area (Å²) >= 11 is 0. The maximum absolute atomic E-state index is 11.9. The maximum Gasteiger partial charge on any atom is 0.249 e. The van der Waals surface area contributed by atoms with E-state index in [4.69, 9.17) is 0 Å². The van der Waals surface area contributed by atoms with Gasteiger partial charge in [-0.1, -0.05) is 60.7 Å². The van der Waals surface area contributed by atoms with Gasteiger partial charge in [0.1, 0.15) is 0 Å². The van der Waals surface area contributed by atoms with Crippen LogP contribution in [0.2, 0.25) is 0 Å². The van der Waals surface area contributed by atoms with Crippen LogP contribution in [0.25, 0.3) is 11.4 Å². The van der Waals surface area contributed by atoms with Gasteiger partial charge in [0.05, 0.1) is 6.42 Å². The number of anilines is 1. The molecular weight excluding hydrogens is 264 g/mol. The van der Waals surface area contributed by atoms with Crippen molar-refractivity contribution in [1.29, 1.82) is 0 Å². The Morgan fingerprint density at radius 1 is 1.00 bits per heavy atom. The summed E-state index contributed by atoms with van der Waals surface area (Å²) in [6.45, 7) is 0. The van der Waals surface area contributed by atoms with Gasteiger partial charge in [-0.15, -0.1) is 5.10 Å². The molecule has 0 aliphatic heterocycles. The van der Waals surface area contributed by atoms with Gasteiger partial charge in [-0.3, -0.25) is 15.2 Å². The summed E-state index contributed by atoms with van der Waals surface area (Å²) in [7, 11) is 0. The minimum Gasteiger partial charge on any atom is -0.293 e. The van der Waals surface area contributed by atoms with Crippen LogP contribution < -0.4 is 5.32 Å². The second-order valence-electron chi connectivity index (χ2n) is 4.58. The number of H-pyrrole nitrogens is 1. The van der Waals surface area contributed by atoms with Crippen molar-refractivity contribution in [3.05, 3.63) is 66.2 Å². The Labute approximate surface area is 122 Å². The Morgan fingerprint density at radius 3 is 2.38 bits per heavy atom. The van der Waals surface area contributed by atoms with Gasteiger partial charge in [0.25, 0.3) is 0 Å². The highest BCUT2D eigenvalue weighted by Crippen LogP contribution is 2.14. The van der Waals surface area contributed by atoms with Gasteiger partial charge in [0.2, 0.25) is 11.9 Å². The van der Waals surface area contributed by atoms with Crippen LogP contribution in [-0.4, -0.2) is 21.1 Å². The second-order valence-corrected chi connectivity index (χ2v) is 4.58. The molecule has 2 N–H and O–H groups in total. The fourth-order valence-corrected chi connectivity index (χ4v) is 1.99. The Hall–Kier alpha value is -2.95. The smallest absolute Gasteiger partial charge is 0.249 e. The average molecular weight is 278 g/mol. The summed E-state index contributed by atoms with van der Waals surface area (Å²) in [5, 5.41) is 9.51. The number of carbonyl (C=O) groups is 1. The van der Waals surface area contributed by atoms with Crippen molar-refractivity contribution in [3.63, 3.8) is 0 Å². The lowest BCUT2D eigenvalue weighted by molar-refractivity contribution is -0.115. The standard InChI is InChI=1S/C16H14N4O/c21-14(11-12-7-3-1-4-8-12)17-16-18-15(19-20-16)13-9-5-2-6-10-13/h1-10H,11H2,(H2,17,18,19,20,21). The van der Waals surface area contributed by atoms with E-state index < -0.39 is 0 Å². The van der Waals surface area contributed by atoms with Gasteiger partial charge in [-0.05, 0) is 5.56 Å². The van der Waals surface area contributed by atoms with Crippen LogP contribution in [0, 0.1) is 0 Å². The monoisotopic (exact) mass is 278 g/mol. The number of carbonyl (C=O) groups excluding carboxylic acids is 1. The second kappa shape index (κ2) is 6.00. The molecule has 0 unspecified atom stereocenters. The molecule has 0 aliphatic carbocycles. The minimum absolute atomic E-state index is 0.139. The van der Waals surface area contributed by atoms with E-state index in [1.165, 1.54) is 0 Å². The first-order chi connectivity index (χ1) is 10.3. The summed E-state index contributed by atoms with van der Waals surface area (Å²) < 4.78 is 0. The zero-order valence-electron chi connectivity index (χ0n) is 11.3. The van der Waals surface area contributed by atoms with Crippen molar-refractivity contribution < 1.29 is 4.79 Å². The number of nitrogens with one attached hydrogen (secondary N) is 2. The molecule has 0 atom stereocenters. The summed E-state index contributed by atoms with van der Waals surface area (Å²) in [4.78, 5) is 16.2.